The predicted octanol–water partition coefficient (Wildman–Crippen LogP) is 3.03. The molecule has 1 amide bonds. The summed E-state index contributed by atoms with van der Waals surface area (Å²) in [5, 5.41) is 3.07. The van der Waals surface area contributed by atoms with E-state index in [0.717, 1.165) is 5.56 Å². The molecule has 0 aliphatic rings. The van der Waals surface area contributed by atoms with Crippen molar-refractivity contribution in [2.75, 3.05) is 13.2 Å². The van der Waals surface area contributed by atoms with Crippen LogP contribution in [0.25, 0.3) is 0 Å². The van der Waals surface area contributed by atoms with Crippen molar-refractivity contribution in [2.24, 2.45) is 0 Å². The minimum atomic E-state index is -0.686. The van der Waals surface area contributed by atoms with Crippen LogP contribution in [0.1, 0.15) is 11.1 Å². The van der Waals surface area contributed by atoms with Gasteiger partial charge in [0, 0.05) is 17.1 Å². The highest BCUT2D eigenvalue weighted by Gasteiger charge is 2.10. The van der Waals surface area contributed by atoms with Crippen LogP contribution in [0.4, 0.5) is 4.39 Å². The quantitative estimate of drug-likeness (QED) is 0.766. The third-order valence-corrected chi connectivity index (χ3v) is 3.71. The standard InChI is InChI=1S/C18H17ClFNO4/c1-12-8-14(6-7-15(12)19)24-11-18(23)25-10-17(22)21-9-13-4-2-3-5-16(13)20/h2-8H,9-11H2,1H3,(H,21,22). The zero-order valence-corrected chi connectivity index (χ0v) is 14.3. The number of hydrogen-bond acceptors (Lipinski definition) is 4. The molecule has 0 bridgehead atoms. The Balaban J connectivity index is 1.69. The van der Waals surface area contributed by atoms with Crippen molar-refractivity contribution >= 4 is 23.5 Å². The van der Waals surface area contributed by atoms with Gasteiger partial charge in [0.2, 0.25) is 0 Å². The molecule has 0 heterocycles. The van der Waals surface area contributed by atoms with Gasteiger partial charge in [0.25, 0.3) is 5.91 Å². The number of carbonyl (C=O) groups is 2. The van der Waals surface area contributed by atoms with E-state index in [0.29, 0.717) is 16.3 Å². The molecule has 0 unspecified atom stereocenters. The molecule has 2 aromatic rings. The number of hydrogen-bond donors (Lipinski definition) is 1. The summed E-state index contributed by atoms with van der Waals surface area (Å²) >= 11 is 5.90. The minimum absolute atomic E-state index is 0.0175. The van der Waals surface area contributed by atoms with Crippen LogP contribution >= 0.6 is 11.6 Å². The Bertz CT molecular complexity index is 766. The largest absolute Gasteiger partial charge is 0.482 e. The van der Waals surface area contributed by atoms with E-state index in [1.165, 1.54) is 6.07 Å². The maximum Gasteiger partial charge on any atom is 0.344 e. The average Bonchev–Trinajstić information content (AvgIpc) is 2.60. The van der Waals surface area contributed by atoms with Gasteiger partial charge in [0.15, 0.2) is 13.2 Å². The van der Waals surface area contributed by atoms with E-state index in [-0.39, 0.29) is 13.2 Å². The van der Waals surface area contributed by atoms with Crippen LogP contribution in [-0.2, 0) is 20.9 Å². The molecule has 7 heteroatoms. The lowest BCUT2D eigenvalue weighted by molar-refractivity contribution is -0.150. The van der Waals surface area contributed by atoms with Gasteiger partial charge in [-0.2, -0.15) is 0 Å². The highest BCUT2D eigenvalue weighted by Crippen LogP contribution is 2.20. The molecular formula is C18H17ClFNO4. The maximum absolute atomic E-state index is 13.4. The first-order chi connectivity index (χ1) is 12.0. The van der Waals surface area contributed by atoms with Crippen molar-refractivity contribution < 1.29 is 23.5 Å². The van der Waals surface area contributed by atoms with Crippen LogP contribution in [0.5, 0.6) is 5.75 Å². The SMILES string of the molecule is Cc1cc(OCC(=O)OCC(=O)NCc2ccccc2F)ccc1Cl. The van der Waals surface area contributed by atoms with Gasteiger partial charge in [-0.05, 0) is 36.8 Å². The zero-order valence-electron chi connectivity index (χ0n) is 13.6. The fourth-order valence-electron chi connectivity index (χ4n) is 1.92. The molecule has 0 aromatic heterocycles. The van der Waals surface area contributed by atoms with Crippen molar-refractivity contribution in [3.63, 3.8) is 0 Å². The van der Waals surface area contributed by atoms with Gasteiger partial charge in [-0.25, -0.2) is 9.18 Å². The van der Waals surface area contributed by atoms with Gasteiger partial charge < -0.3 is 14.8 Å². The first kappa shape index (κ1) is 18.7. The maximum atomic E-state index is 13.4. The molecule has 5 nitrogen and oxygen atoms in total. The highest BCUT2D eigenvalue weighted by atomic mass is 35.5. The van der Waals surface area contributed by atoms with Crippen molar-refractivity contribution in [1.82, 2.24) is 5.32 Å². The minimum Gasteiger partial charge on any atom is -0.482 e. The number of aryl methyl sites for hydroxylation is 1. The molecule has 0 radical (unpaired) electrons. The van der Waals surface area contributed by atoms with Gasteiger partial charge in [-0.1, -0.05) is 29.8 Å². The van der Waals surface area contributed by atoms with Crippen LogP contribution in [0.15, 0.2) is 42.5 Å². The summed E-state index contributed by atoms with van der Waals surface area (Å²) in [7, 11) is 0. The second-order valence-electron chi connectivity index (χ2n) is 5.23. The van der Waals surface area contributed by atoms with Gasteiger partial charge in [0.05, 0.1) is 0 Å². The number of carbonyl (C=O) groups excluding carboxylic acids is 2. The van der Waals surface area contributed by atoms with Crippen LogP contribution < -0.4 is 10.1 Å². The van der Waals surface area contributed by atoms with Crippen molar-refractivity contribution in [3.8, 4) is 5.75 Å². The molecule has 0 saturated carbocycles. The lowest BCUT2D eigenvalue weighted by Gasteiger charge is -2.09. The third kappa shape index (κ3) is 6.08. The second kappa shape index (κ2) is 9.03. The molecule has 0 spiro atoms. The number of nitrogens with one attached hydrogen (secondary N) is 1. The summed E-state index contributed by atoms with van der Waals surface area (Å²) in [6.45, 7) is 1.04. The molecule has 0 atom stereocenters. The summed E-state index contributed by atoms with van der Waals surface area (Å²) in [6, 6.07) is 11.1. The van der Waals surface area contributed by atoms with Gasteiger partial charge in [-0.15, -0.1) is 0 Å². The summed E-state index contributed by atoms with van der Waals surface area (Å²) in [5.74, 6) is -1.15. The van der Waals surface area contributed by atoms with E-state index < -0.39 is 24.3 Å². The van der Waals surface area contributed by atoms with E-state index in [2.05, 4.69) is 5.32 Å². The monoisotopic (exact) mass is 365 g/mol. The third-order valence-electron chi connectivity index (χ3n) is 3.28. The molecule has 1 N–H and O–H groups in total. The number of halogens is 2. The topological polar surface area (TPSA) is 64.6 Å². The highest BCUT2D eigenvalue weighted by molar-refractivity contribution is 6.31. The molecular weight excluding hydrogens is 349 g/mol. The normalized spacial score (nSPS) is 10.2. The van der Waals surface area contributed by atoms with E-state index in [1.807, 2.05) is 6.92 Å². The molecule has 0 aliphatic heterocycles. The smallest absolute Gasteiger partial charge is 0.344 e. The summed E-state index contributed by atoms with van der Waals surface area (Å²) in [6.07, 6.45) is 0. The number of rotatable bonds is 7. The summed E-state index contributed by atoms with van der Waals surface area (Å²) in [4.78, 5) is 23.2. The molecule has 0 fully saturated rings. The van der Waals surface area contributed by atoms with Crippen LogP contribution in [0.2, 0.25) is 5.02 Å². The Morgan fingerprint density at radius 3 is 2.64 bits per heavy atom. The lowest BCUT2D eigenvalue weighted by Crippen LogP contribution is -2.29. The van der Waals surface area contributed by atoms with Crippen LogP contribution in [0.3, 0.4) is 0 Å². The number of ether oxygens (including phenoxy) is 2. The first-order valence-corrected chi connectivity index (χ1v) is 7.88. The Morgan fingerprint density at radius 2 is 1.92 bits per heavy atom. The molecule has 132 valence electrons. The molecule has 0 aliphatic carbocycles. The Kier molecular flexibility index (Phi) is 6.77. The zero-order chi connectivity index (χ0) is 18.2. The summed E-state index contributed by atoms with van der Waals surface area (Å²) < 4.78 is 23.5. The summed E-state index contributed by atoms with van der Waals surface area (Å²) in [5.41, 5.74) is 1.17. The fraction of sp³-hybridized carbons (Fsp3) is 0.222. The van der Waals surface area contributed by atoms with Gasteiger partial charge in [-0.3, -0.25) is 4.79 Å². The second-order valence-corrected chi connectivity index (χ2v) is 5.64. The molecule has 25 heavy (non-hydrogen) atoms. The van der Waals surface area contributed by atoms with E-state index >= 15 is 0 Å². The lowest BCUT2D eigenvalue weighted by atomic mass is 10.2. The molecule has 2 aromatic carbocycles. The molecule has 2 rings (SSSR count). The van der Waals surface area contributed by atoms with Gasteiger partial charge in [0.1, 0.15) is 11.6 Å². The van der Waals surface area contributed by atoms with E-state index in [1.54, 1.807) is 36.4 Å². The first-order valence-electron chi connectivity index (χ1n) is 7.50. The van der Waals surface area contributed by atoms with E-state index in [4.69, 9.17) is 21.1 Å². The Hall–Kier alpha value is -2.60. The fourth-order valence-corrected chi connectivity index (χ4v) is 2.04. The van der Waals surface area contributed by atoms with Crippen molar-refractivity contribution in [2.45, 2.75) is 13.5 Å². The molecule has 0 saturated heterocycles. The number of esters is 1. The Morgan fingerprint density at radius 1 is 1.16 bits per heavy atom. The van der Waals surface area contributed by atoms with Crippen LogP contribution in [-0.4, -0.2) is 25.1 Å². The van der Waals surface area contributed by atoms with Crippen LogP contribution in [0, 0.1) is 12.7 Å². The van der Waals surface area contributed by atoms with Crippen molar-refractivity contribution in [1.29, 1.82) is 0 Å². The average molecular weight is 366 g/mol. The van der Waals surface area contributed by atoms with Crippen molar-refractivity contribution in [3.05, 3.63) is 64.4 Å². The predicted molar refractivity (Wildman–Crippen MR) is 90.9 cm³/mol. The number of benzene rings is 2. The number of amides is 1. The van der Waals surface area contributed by atoms with E-state index in [9.17, 15) is 14.0 Å². The Labute approximate surface area is 149 Å². The van der Waals surface area contributed by atoms with Gasteiger partial charge >= 0.3 is 5.97 Å².